The molecular formula is C10H14INO. The minimum Gasteiger partial charge on any atom is -0.476 e. The van der Waals surface area contributed by atoms with Gasteiger partial charge in [-0.2, -0.15) is 0 Å². The Morgan fingerprint density at radius 3 is 2.69 bits per heavy atom. The lowest BCUT2D eigenvalue weighted by molar-refractivity contribution is 0.283. The Bertz CT molecular complexity index is 280. The molecule has 1 aromatic rings. The molecule has 1 rings (SSSR count). The number of pyridine rings is 1. The average Bonchev–Trinajstić information content (AvgIpc) is 2.00. The van der Waals surface area contributed by atoms with Crippen molar-refractivity contribution >= 4 is 22.6 Å². The van der Waals surface area contributed by atoms with E-state index in [1.807, 2.05) is 25.1 Å². The Kier molecular flexibility index (Phi) is 3.53. The van der Waals surface area contributed by atoms with Gasteiger partial charge in [0.05, 0.1) is 3.42 Å². The summed E-state index contributed by atoms with van der Waals surface area (Å²) in [5.41, 5.74) is 0.990. The molecular weight excluding hydrogens is 277 g/mol. The highest BCUT2D eigenvalue weighted by molar-refractivity contribution is 14.1. The van der Waals surface area contributed by atoms with Crippen LogP contribution in [0.1, 0.15) is 19.5 Å². The molecule has 0 amide bonds. The number of hydrogen-bond donors (Lipinski definition) is 0. The summed E-state index contributed by atoms with van der Waals surface area (Å²) in [5, 5.41) is 0. The van der Waals surface area contributed by atoms with Gasteiger partial charge in [0, 0.05) is 11.8 Å². The normalized spacial score (nSPS) is 11.4. The van der Waals surface area contributed by atoms with Gasteiger partial charge in [0.2, 0.25) is 5.88 Å². The zero-order chi connectivity index (χ0) is 9.90. The highest BCUT2D eigenvalue weighted by atomic mass is 127. The van der Waals surface area contributed by atoms with Crippen LogP contribution in [-0.2, 0) is 0 Å². The fraction of sp³-hybridized carbons (Fsp3) is 0.500. The zero-order valence-corrected chi connectivity index (χ0v) is 10.3. The Labute approximate surface area is 92.9 Å². The van der Waals surface area contributed by atoms with E-state index in [2.05, 4.69) is 41.4 Å². The summed E-state index contributed by atoms with van der Waals surface area (Å²) in [5.74, 6) is 0.713. The van der Waals surface area contributed by atoms with Gasteiger partial charge in [0.15, 0.2) is 0 Å². The second kappa shape index (κ2) is 4.26. The number of hydrogen-bond acceptors (Lipinski definition) is 2. The molecule has 0 N–H and O–H groups in total. The maximum atomic E-state index is 5.53. The number of ether oxygens (including phenoxy) is 1. The van der Waals surface area contributed by atoms with E-state index in [0.29, 0.717) is 12.5 Å². The van der Waals surface area contributed by atoms with Gasteiger partial charge in [0.25, 0.3) is 0 Å². The van der Waals surface area contributed by atoms with Gasteiger partial charge in [-0.3, -0.25) is 0 Å². The van der Waals surface area contributed by atoms with Gasteiger partial charge in [-0.15, -0.1) is 0 Å². The molecule has 1 heterocycles. The first-order valence-electron chi connectivity index (χ1n) is 4.23. The van der Waals surface area contributed by atoms with Crippen molar-refractivity contribution in [2.75, 3.05) is 6.61 Å². The molecule has 0 aromatic carbocycles. The van der Waals surface area contributed by atoms with Crippen LogP contribution < -0.4 is 4.74 Å². The maximum absolute atomic E-state index is 5.53. The number of alkyl halides is 1. The van der Waals surface area contributed by atoms with E-state index < -0.39 is 0 Å². The smallest absolute Gasteiger partial charge is 0.213 e. The van der Waals surface area contributed by atoms with Crippen molar-refractivity contribution in [3.05, 3.63) is 23.9 Å². The van der Waals surface area contributed by atoms with Crippen molar-refractivity contribution < 1.29 is 4.74 Å². The predicted molar refractivity (Wildman–Crippen MR) is 62.6 cm³/mol. The van der Waals surface area contributed by atoms with Crippen LogP contribution in [-0.4, -0.2) is 15.0 Å². The van der Waals surface area contributed by atoms with E-state index in [1.54, 1.807) is 0 Å². The molecule has 0 unspecified atom stereocenters. The summed E-state index contributed by atoms with van der Waals surface area (Å²) < 4.78 is 5.69. The van der Waals surface area contributed by atoms with Crippen LogP contribution in [0, 0.1) is 6.92 Å². The molecule has 0 saturated heterocycles. The number of aryl methyl sites for hydroxylation is 1. The summed E-state index contributed by atoms with van der Waals surface area (Å²) in [6.45, 7) is 6.90. The Morgan fingerprint density at radius 1 is 1.46 bits per heavy atom. The van der Waals surface area contributed by atoms with E-state index in [-0.39, 0.29) is 3.42 Å². The largest absolute Gasteiger partial charge is 0.476 e. The van der Waals surface area contributed by atoms with Crippen molar-refractivity contribution in [3.63, 3.8) is 0 Å². The predicted octanol–water partition coefficient (Wildman–Crippen LogP) is 2.98. The second-order valence-electron chi connectivity index (χ2n) is 3.62. The molecule has 0 fully saturated rings. The first-order chi connectivity index (χ1) is 5.97. The van der Waals surface area contributed by atoms with Crippen LogP contribution in [0.15, 0.2) is 18.2 Å². The van der Waals surface area contributed by atoms with E-state index in [0.717, 1.165) is 5.69 Å². The fourth-order valence-electron chi connectivity index (χ4n) is 0.844. The van der Waals surface area contributed by atoms with E-state index in [4.69, 9.17) is 4.74 Å². The number of halogens is 1. The second-order valence-corrected chi connectivity index (χ2v) is 6.54. The SMILES string of the molecule is Cc1cccc(OCC(C)(C)I)n1. The van der Waals surface area contributed by atoms with Gasteiger partial charge in [-0.25, -0.2) is 4.98 Å². The Hall–Kier alpha value is -0.320. The summed E-state index contributed by atoms with van der Waals surface area (Å²) in [6, 6.07) is 5.80. The number of aromatic nitrogens is 1. The van der Waals surface area contributed by atoms with E-state index in [1.165, 1.54) is 0 Å². The molecule has 0 aliphatic heterocycles. The minimum absolute atomic E-state index is 0.156. The van der Waals surface area contributed by atoms with Gasteiger partial charge in [-0.05, 0) is 26.8 Å². The first-order valence-corrected chi connectivity index (χ1v) is 5.31. The molecule has 13 heavy (non-hydrogen) atoms. The molecule has 0 atom stereocenters. The summed E-state index contributed by atoms with van der Waals surface area (Å²) >= 11 is 2.36. The highest BCUT2D eigenvalue weighted by Crippen LogP contribution is 2.18. The minimum atomic E-state index is 0.156. The van der Waals surface area contributed by atoms with Crippen LogP contribution in [0.3, 0.4) is 0 Å². The van der Waals surface area contributed by atoms with E-state index in [9.17, 15) is 0 Å². The van der Waals surface area contributed by atoms with Crippen LogP contribution in [0.2, 0.25) is 0 Å². The van der Waals surface area contributed by atoms with Crippen LogP contribution in [0.5, 0.6) is 5.88 Å². The third-order valence-corrected chi connectivity index (χ3v) is 1.74. The van der Waals surface area contributed by atoms with E-state index >= 15 is 0 Å². The first kappa shape index (κ1) is 10.8. The van der Waals surface area contributed by atoms with Crippen molar-refractivity contribution in [2.24, 2.45) is 0 Å². The molecule has 3 heteroatoms. The van der Waals surface area contributed by atoms with Crippen LogP contribution in [0.4, 0.5) is 0 Å². The fourth-order valence-corrected chi connectivity index (χ4v) is 1.000. The molecule has 1 aromatic heterocycles. The lowest BCUT2D eigenvalue weighted by Crippen LogP contribution is -2.20. The molecule has 0 saturated carbocycles. The number of rotatable bonds is 3. The topological polar surface area (TPSA) is 22.1 Å². The lowest BCUT2D eigenvalue weighted by Gasteiger charge is -2.16. The van der Waals surface area contributed by atoms with Crippen molar-refractivity contribution in [1.82, 2.24) is 4.98 Å². The van der Waals surface area contributed by atoms with Crippen molar-refractivity contribution in [1.29, 1.82) is 0 Å². The quantitative estimate of drug-likeness (QED) is 0.631. The molecule has 0 radical (unpaired) electrons. The third-order valence-electron chi connectivity index (χ3n) is 1.43. The zero-order valence-electron chi connectivity index (χ0n) is 8.17. The molecule has 0 aliphatic carbocycles. The monoisotopic (exact) mass is 291 g/mol. The van der Waals surface area contributed by atoms with Crippen molar-refractivity contribution in [2.45, 2.75) is 24.2 Å². The van der Waals surface area contributed by atoms with Crippen LogP contribution >= 0.6 is 22.6 Å². The molecule has 0 aliphatic rings. The standard InChI is InChI=1S/C10H14INO/c1-8-5-4-6-9(12-8)13-7-10(2,3)11/h4-6H,7H2,1-3H3. The van der Waals surface area contributed by atoms with Gasteiger partial charge >= 0.3 is 0 Å². The molecule has 2 nitrogen and oxygen atoms in total. The summed E-state index contributed by atoms with van der Waals surface area (Å²) in [4.78, 5) is 4.25. The van der Waals surface area contributed by atoms with Gasteiger partial charge in [-0.1, -0.05) is 28.7 Å². The molecule has 72 valence electrons. The third kappa shape index (κ3) is 4.45. The van der Waals surface area contributed by atoms with Gasteiger partial charge in [0.1, 0.15) is 6.61 Å². The average molecular weight is 291 g/mol. The maximum Gasteiger partial charge on any atom is 0.213 e. The number of nitrogens with zero attached hydrogens (tertiary/aromatic N) is 1. The summed E-state index contributed by atoms with van der Waals surface area (Å²) in [7, 11) is 0. The van der Waals surface area contributed by atoms with Crippen LogP contribution in [0.25, 0.3) is 0 Å². The molecule has 0 spiro atoms. The lowest BCUT2D eigenvalue weighted by atomic mass is 10.2. The summed E-state index contributed by atoms with van der Waals surface area (Å²) in [6.07, 6.45) is 0. The van der Waals surface area contributed by atoms with Crippen molar-refractivity contribution in [3.8, 4) is 5.88 Å². The van der Waals surface area contributed by atoms with Gasteiger partial charge < -0.3 is 4.74 Å². The Balaban J connectivity index is 2.55. The Morgan fingerprint density at radius 2 is 2.15 bits per heavy atom. The molecule has 0 bridgehead atoms. The highest BCUT2D eigenvalue weighted by Gasteiger charge is 2.13.